The molecule has 5 atom stereocenters. The Bertz CT molecular complexity index is 922. The Morgan fingerprint density at radius 2 is 1.90 bits per heavy atom. The molecule has 3 unspecified atom stereocenters. The molecule has 5 aliphatic rings. The van der Waals surface area contributed by atoms with Crippen LogP contribution in [0.4, 0.5) is 0 Å². The van der Waals surface area contributed by atoms with Crippen molar-refractivity contribution in [3.63, 3.8) is 0 Å². The van der Waals surface area contributed by atoms with Crippen molar-refractivity contribution < 1.29 is 0 Å². The number of allylic oxidation sites excluding steroid dienone is 2. The summed E-state index contributed by atoms with van der Waals surface area (Å²) in [5.74, 6) is 2.51. The molecule has 6 rings (SSSR count). The van der Waals surface area contributed by atoms with Gasteiger partial charge in [-0.2, -0.15) is 0 Å². The second-order valence-corrected chi connectivity index (χ2v) is 9.97. The number of hydrogen-bond donors (Lipinski definition) is 1. The van der Waals surface area contributed by atoms with E-state index in [-0.39, 0.29) is 0 Å². The molecule has 6 heteroatoms. The summed E-state index contributed by atoms with van der Waals surface area (Å²) >= 11 is 0. The molecule has 0 amide bonds. The molecule has 2 bridgehead atoms. The number of nitrogens with zero attached hydrogens (tertiary/aromatic N) is 5. The topological polar surface area (TPSA) is 47.0 Å². The highest BCUT2D eigenvalue weighted by atomic mass is 15.4. The van der Waals surface area contributed by atoms with Gasteiger partial charge in [0.05, 0.1) is 17.8 Å². The molecule has 6 heterocycles. The van der Waals surface area contributed by atoms with E-state index in [1.807, 2.05) is 12.3 Å². The molecule has 31 heavy (non-hydrogen) atoms. The summed E-state index contributed by atoms with van der Waals surface area (Å²) in [7, 11) is 2.31. The van der Waals surface area contributed by atoms with E-state index in [4.69, 9.17) is 9.98 Å². The third-order valence-corrected chi connectivity index (χ3v) is 8.15. The maximum absolute atomic E-state index is 5.19. The zero-order valence-electron chi connectivity index (χ0n) is 18.7. The van der Waals surface area contributed by atoms with Crippen molar-refractivity contribution in [1.29, 1.82) is 0 Å². The summed E-state index contributed by atoms with van der Waals surface area (Å²) in [6.07, 6.45) is 14.9. The summed E-state index contributed by atoms with van der Waals surface area (Å²) in [5, 5.41) is 3.93. The maximum atomic E-state index is 5.19. The Morgan fingerprint density at radius 3 is 2.71 bits per heavy atom. The number of piperidine rings is 1. The minimum atomic E-state index is 0.303. The van der Waals surface area contributed by atoms with Crippen LogP contribution >= 0.6 is 0 Å². The Morgan fingerprint density at radius 1 is 1.06 bits per heavy atom. The molecule has 0 radical (unpaired) electrons. The molecular weight excluding hydrogens is 384 g/mol. The first-order valence-corrected chi connectivity index (χ1v) is 12.1. The summed E-state index contributed by atoms with van der Waals surface area (Å²) < 4.78 is 0. The number of piperazine rings is 1. The van der Waals surface area contributed by atoms with E-state index in [1.165, 1.54) is 42.8 Å². The van der Waals surface area contributed by atoms with Crippen LogP contribution in [0, 0.1) is 6.92 Å². The third-order valence-electron chi connectivity index (χ3n) is 8.15. The number of likely N-dealkylation sites (tertiary alicyclic amines) is 1. The number of hydrogen-bond acceptors (Lipinski definition) is 6. The van der Waals surface area contributed by atoms with Crippen LogP contribution in [0.3, 0.4) is 0 Å². The van der Waals surface area contributed by atoms with Gasteiger partial charge in [0, 0.05) is 44.0 Å². The first kappa shape index (κ1) is 19.5. The number of nitrogens with one attached hydrogen (secondary N) is 1. The van der Waals surface area contributed by atoms with Crippen LogP contribution in [-0.2, 0) is 0 Å². The maximum Gasteiger partial charge on any atom is 0.129 e. The van der Waals surface area contributed by atoms with Gasteiger partial charge >= 0.3 is 0 Å². The highest BCUT2D eigenvalue weighted by Crippen LogP contribution is 2.34. The molecule has 6 nitrogen and oxygen atoms in total. The van der Waals surface area contributed by atoms with Crippen LogP contribution in [-0.4, -0.2) is 76.4 Å². The molecule has 0 aromatic carbocycles. The zero-order valence-corrected chi connectivity index (χ0v) is 18.7. The summed E-state index contributed by atoms with van der Waals surface area (Å²) in [4.78, 5) is 17.6. The van der Waals surface area contributed by atoms with Gasteiger partial charge in [-0.15, -0.1) is 0 Å². The predicted molar refractivity (Wildman–Crippen MR) is 124 cm³/mol. The van der Waals surface area contributed by atoms with Gasteiger partial charge in [-0.3, -0.25) is 14.9 Å². The van der Waals surface area contributed by atoms with Gasteiger partial charge in [-0.1, -0.05) is 12.1 Å². The van der Waals surface area contributed by atoms with Crippen LogP contribution in [0.2, 0.25) is 0 Å². The average Bonchev–Trinajstić information content (AvgIpc) is 3.30. The fourth-order valence-corrected chi connectivity index (χ4v) is 6.36. The highest BCUT2D eigenvalue weighted by Gasteiger charge is 2.42. The number of aryl methyl sites for hydroxylation is 1. The molecule has 3 fully saturated rings. The van der Waals surface area contributed by atoms with Gasteiger partial charge in [0.25, 0.3) is 0 Å². The minimum Gasteiger partial charge on any atom is -0.355 e. The lowest BCUT2D eigenvalue weighted by molar-refractivity contribution is 0.0953. The lowest BCUT2D eigenvalue weighted by Crippen LogP contribution is -2.54. The molecule has 3 saturated heterocycles. The second kappa shape index (κ2) is 7.75. The SMILES string of the molecule is Cc1cccnc1[C@@H]1CCC[C@H](C2CN3C(N4CC5CCC(C4)N5C)=CC=CC3=N2)N1. The van der Waals surface area contributed by atoms with Crippen molar-refractivity contribution in [3.8, 4) is 0 Å². The Balaban J connectivity index is 1.17. The lowest BCUT2D eigenvalue weighted by atomic mass is 9.91. The van der Waals surface area contributed by atoms with Crippen LogP contribution in [0.15, 0.2) is 47.4 Å². The number of pyridine rings is 1. The zero-order chi connectivity index (χ0) is 20.9. The quantitative estimate of drug-likeness (QED) is 0.818. The van der Waals surface area contributed by atoms with Crippen LogP contribution in [0.1, 0.15) is 49.4 Å². The minimum absolute atomic E-state index is 0.303. The van der Waals surface area contributed by atoms with Crippen molar-refractivity contribution in [2.75, 3.05) is 26.7 Å². The normalized spacial score (nSPS) is 35.2. The Labute approximate surface area is 185 Å². The predicted octanol–water partition coefficient (Wildman–Crippen LogP) is 2.85. The highest BCUT2D eigenvalue weighted by molar-refractivity contribution is 5.97. The largest absolute Gasteiger partial charge is 0.355 e. The van der Waals surface area contributed by atoms with E-state index in [0.717, 1.165) is 31.9 Å². The molecule has 1 aromatic heterocycles. The first-order valence-electron chi connectivity index (χ1n) is 12.1. The number of aliphatic imine (C=N–C) groups is 1. The van der Waals surface area contributed by atoms with E-state index in [0.29, 0.717) is 30.2 Å². The molecular formula is C25H34N6. The number of fused-ring (bicyclic) bond motifs is 3. The fraction of sp³-hybridized carbons (Fsp3) is 0.600. The average molecular weight is 419 g/mol. The molecule has 0 aliphatic carbocycles. The van der Waals surface area contributed by atoms with Crippen LogP contribution < -0.4 is 5.32 Å². The van der Waals surface area contributed by atoms with Gasteiger partial charge in [0.15, 0.2) is 0 Å². The van der Waals surface area contributed by atoms with Crippen molar-refractivity contribution in [1.82, 2.24) is 25.0 Å². The van der Waals surface area contributed by atoms with Crippen molar-refractivity contribution >= 4 is 5.84 Å². The summed E-state index contributed by atoms with van der Waals surface area (Å²) in [6, 6.07) is 6.67. The standard InChI is InChI=1S/C25H34N6/c1-17-6-5-13-26-25(17)21-8-3-7-20(27-21)22-16-31-23(28-22)9-4-10-24(31)30-14-18-11-12-19(15-30)29(18)2/h4-6,9-10,13,18-22,27H,3,7-8,11-12,14-16H2,1-2H3/t18?,19?,20-,21+,22?/m1/s1. The number of rotatable bonds is 3. The van der Waals surface area contributed by atoms with Crippen LogP contribution in [0.5, 0.6) is 0 Å². The summed E-state index contributed by atoms with van der Waals surface area (Å²) in [6.45, 7) is 5.45. The fourth-order valence-electron chi connectivity index (χ4n) is 6.36. The van der Waals surface area contributed by atoms with Gasteiger partial charge in [-0.25, -0.2) is 0 Å². The van der Waals surface area contributed by atoms with Gasteiger partial charge in [0.1, 0.15) is 11.7 Å². The van der Waals surface area contributed by atoms with E-state index >= 15 is 0 Å². The molecule has 0 spiro atoms. The number of aromatic nitrogens is 1. The smallest absolute Gasteiger partial charge is 0.129 e. The molecule has 5 aliphatic heterocycles. The van der Waals surface area contributed by atoms with Gasteiger partial charge < -0.3 is 15.1 Å². The number of amidine groups is 1. The van der Waals surface area contributed by atoms with E-state index in [9.17, 15) is 0 Å². The molecule has 1 aromatic rings. The van der Waals surface area contributed by atoms with Crippen molar-refractivity contribution in [2.45, 2.75) is 69.2 Å². The van der Waals surface area contributed by atoms with Crippen LogP contribution in [0.25, 0.3) is 0 Å². The van der Waals surface area contributed by atoms with Crippen molar-refractivity contribution in [2.24, 2.45) is 4.99 Å². The Hall–Kier alpha value is -2.18. The molecule has 1 N–H and O–H groups in total. The van der Waals surface area contributed by atoms with Gasteiger partial charge in [-0.05, 0) is 69.9 Å². The number of likely N-dealkylation sites (N-methyl/N-ethyl adjacent to an activating group) is 1. The van der Waals surface area contributed by atoms with E-state index in [1.54, 1.807) is 0 Å². The first-order chi connectivity index (χ1) is 15.2. The second-order valence-electron chi connectivity index (χ2n) is 9.97. The van der Waals surface area contributed by atoms with Crippen molar-refractivity contribution in [3.05, 3.63) is 53.6 Å². The van der Waals surface area contributed by atoms with E-state index < -0.39 is 0 Å². The third kappa shape index (κ3) is 3.40. The van der Waals surface area contributed by atoms with E-state index in [2.05, 4.69) is 58.3 Å². The molecule has 0 saturated carbocycles. The van der Waals surface area contributed by atoms with Gasteiger partial charge in [0.2, 0.25) is 0 Å². The lowest BCUT2D eigenvalue weighted by Gasteiger charge is -2.44. The summed E-state index contributed by atoms with van der Waals surface area (Å²) in [5.41, 5.74) is 2.50. The monoisotopic (exact) mass is 418 g/mol. The molecule has 164 valence electrons. The Kier molecular flexibility index (Phi) is 4.87.